The average molecular weight is 235 g/mol. The van der Waals surface area contributed by atoms with Gasteiger partial charge in [0.15, 0.2) is 0 Å². The summed E-state index contributed by atoms with van der Waals surface area (Å²) in [6.45, 7) is 6.67. The summed E-state index contributed by atoms with van der Waals surface area (Å²) in [4.78, 5) is 4.86. The zero-order valence-electron chi connectivity index (χ0n) is 9.90. The summed E-state index contributed by atoms with van der Waals surface area (Å²) < 4.78 is 12.8. The molecular weight excluding hydrogens is 217 g/mol. The van der Waals surface area contributed by atoms with E-state index in [1.165, 1.54) is 12.1 Å². The minimum atomic E-state index is -0.159. The molecule has 1 aromatic rings. The van der Waals surface area contributed by atoms with Crippen LogP contribution in [0.2, 0.25) is 0 Å². The highest BCUT2D eigenvalue weighted by Gasteiger charge is 2.32. The van der Waals surface area contributed by atoms with E-state index in [1.807, 2.05) is 12.1 Å². The Morgan fingerprint density at radius 1 is 1.06 bits per heavy atom. The molecule has 0 radical (unpaired) electrons. The number of nitrogens with zero attached hydrogens (tertiary/aromatic N) is 2. The molecule has 92 valence electrons. The number of benzene rings is 1. The van der Waals surface area contributed by atoms with Gasteiger partial charge in [0.1, 0.15) is 5.82 Å². The van der Waals surface area contributed by atoms with Crippen LogP contribution in [0.4, 0.5) is 10.1 Å². The number of rotatable bonds is 2. The molecule has 4 heteroatoms. The Morgan fingerprint density at radius 3 is 2.35 bits per heavy atom. The van der Waals surface area contributed by atoms with Gasteiger partial charge in [0, 0.05) is 51.0 Å². The van der Waals surface area contributed by atoms with E-state index in [9.17, 15) is 4.39 Å². The van der Waals surface area contributed by atoms with Crippen LogP contribution >= 0.6 is 0 Å². The van der Waals surface area contributed by atoms with Crippen molar-refractivity contribution in [3.8, 4) is 0 Å². The van der Waals surface area contributed by atoms with E-state index in [0.717, 1.165) is 45.0 Å². The molecule has 17 heavy (non-hydrogen) atoms. The predicted octanol–water partition coefficient (Wildman–Crippen LogP) is 0.919. The predicted molar refractivity (Wildman–Crippen MR) is 66.8 cm³/mol. The number of hydrogen-bond donors (Lipinski definition) is 1. The summed E-state index contributed by atoms with van der Waals surface area (Å²) >= 11 is 0. The molecule has 0 saturated carbocycles. The van der Waals surface area contributed by atoms with Gasteiger partial charge in [-0.1, -0.05) is 0 Å². The summed E-state index contributed by atoms with van der Waals surface area (Å²) in [5, 5.41) is 3.37. The van der Waals surface area contributed by atoms with Crippen LogP contribution in [0.1, 0.15) is 0 Å². The maximum Gasteiger partial charge on any atom is 0.123 e. The third kappa shape index (κ3) is 2.28. The Labute approximate surface area is 101 Å². The van der Waals surface area contributed by atoms with Crippen LogP contribution in [0.25, 0.3) is 0 Å². The van der Waals surface area contributed by atoms with Gasteiger partial charge in [0.2, 0.25) is 0 Å². The van der Waals surface area contributed by atoms with E-state index in [2.05, 4.69) is 15.1 Å². The van der Waals surface area contributed by atoms with Gasteiger partial charge >= 0.3 is 0 Å². The lowest BCUT2D eigenvalue weighted by molar-refractivity contribution is 0.147. The van der Waals surface area contributed by atoms with Gasteiger partial charge in [0.05, 0.1) is 0 Å². The first-order chi connectivity index (χ1) is 8.33. The van der Waals surface area contributed by atoms with Gasteiger partial charge in [0.25, 0.3) is 0 Å². The lowest BCUT2D eigenvalue weighted by Crippen LogP contribution is -2.62. The van der Waals surface area contributed by atoms with E-state index >= 15 is 0 Å². The maximum atomic E-state index is 12.8. The highest BCUT2D eigenvalue weighted by atomic mass is 19.1. The van der Waals surface area contributed by atoms with Crippen LogP contribution in [-0.4, -0.2) is 50.2 Å². The lowest BCUT2D eigenvalue weighted by atomic mass is 10.0. The lowest BCUT2D eigenvalue weighted by Gasteiger charge is -2.48. The van der Waals surface area contributed by atoms with Gasteiger partial charge in [-0.15, -0.1) is 0 Å². The molecule has 1 aromatic carbocycles. The molecular formula is C13H18FN3. The van der Waals surface area contributed by atoms with E-state index in [1.54, 1.807) is 0 Å². The van der Waals surface area contributed by atoms with Crippen molar-refractivity contribution >= 4 is 5.69 Å². The fraction of sp³-hybridized carbons (Fsp3) is 0.538. The van der Waals surface area contributed by atoms with Crippen molar-refractivity contribution in [3.63, 3.8) is 0 Å². The molecule has 0 atom stereocenters. The summed E-state index contributed by atoms with van der Waals surface area (Å²) in [7, 11) is 0. The monoisotopic (exact) mass is 235 g/mol. The maximum absolute atomic E-state index is 12.8. The van der Waals surface area contributed by atoms with Crippen LogP contribution in [0.3, 0.4) is 0 Å². The molecule has 2 aliphatic rings. The zero-order valence-corrected chi connectivity index (χ0v) is 9.90. The number of halogens is 1. The second kappa shape index (κ2) is 4.63. The molecule has 3 rings (SSSR count). The first-order valence-corrected chi connectivity index (χ1v) is 6.28. The smallest absolute Gasteiger partial charge is 0.123 e. The van der Waals surface area contributed by atoms with Crippen LogP contribution in [0.5, 0.6) is 0 Å². The number of anilines is 1. The minimum Gasteiger partial charge on any atom is -0.368 e. The normalized spacial score (nSPS) is 22.5. The summed E-state index contributed by atoms with van der Waals surface area (Å²) in [5.74, 6) is -0.159. The number of nitrogens with one attached hydrogen (secondary N) is 1. The Hall–Kier alpha value is -1.13. The Bertz CT molecular complexity index is 367. The van der Waals surface area contributed by atoms with Gasteiger partial charge < -0.3 is 10.2 Å². The summed E-state index contributed by atoms with van der Waals surface area (Å²) in [5.41, 5.74) is 1.14. The Morgan fingerprint density at radius 2 is 1.71 bits per heavy atom. The standard InChI is InChI=1S/C13H18FN3/c14-11-1-3-12(4-2-11)17-9-13(10-17)16-7-5-15-6-8-16/h1-4,13,15H,5-10H2. The third-order valence-corrected chi connectivity index (χ3v) is 3.72. The molecule has 0 unspecified atom stereocenters. The molecule has 0 amide bonds. The van der Waals surface area contributed by atoms with Gasteiger partial charge in [-0.3, -0.25) is 4.90 Å². The molecule has 1 N–H and O–H groups in total. The van der Waals surface area contributed by atoms with Crippen molar-refractivity contribution in [2.24, 2.45) is 0 Å². The fourth-order valence-corrected chi connectivity index (χ4v) is 2.60. The quantitative estimate of drug-likeness (QED) is 0.822. The molecule has 0 aliphatic carbocycles. The van der Waals surface area contributed by atoms with Crippen molar-refractivity contribution in [3.05, 3.63) is 30.1 Å². The first-order valence-electron chi connectivity index (χ1n) is 6.28. The van der Waals surface area contributed by atoms with E-state index in [-0.39, 0.29) is 5.82 Å². The van der Waals surface area contributed by atoms with Gasteiger partial charge in [-0.25, -0.2) is 4.39 Å². The van der Waals surface area contributed by atoms with E-state index in [0.29, 0.717) is 6.04 Å². The third-order valence-electron chi connectivity index (χ3n) is 3.72. The summed E-state index contributed by atoms with van der Waals surface area (Å²) in [6.07, 6.45) is 0. The average Bonchev–Trinajstić information content (AvgIpc) is 2.31. The topological polar surface area (TPSA) is 18.5 Å². The van der Waals surface area contributed by atoms with Gasteiger partial charge in [-0.05, 0) is 24.3 Å². The first kappa shape index (κ1) is 11.0. The van der Waals surface area contributed by atoms with Crippen LogP contribution < -0.4 is 10.2 Å². The van der Waals surface area contributed by atoms with Gasteiger partial charge in [-0.2, -0.15) is 0 Å². The van der Waals surface area contributed by atoms with Crippen LogP contribution in [-0.2, 0) is 0 Å². The molecule has 0 spiro atoms. The molecule has 2 heterocycles. The SMILES string of the molecule is Fc1ccc(N2CC(N3CCNCC3)C2)cc1. The molecule has 0 aromatic heterocycles. The largest absolute Gasteiger partial charge is 0.368 e. The van der Waals surface area contributed by atoms with E-state index in [4.69, 9.17) is 0 Å². The van der Waals surface area contributed by atoms with Crippen LogP contribution in [0, 0.1) is 5.82 Å². The molecule has 2 saturated heterocycles. The van der Waals surface area contributed by atoms with Crippen molar-refractivity contribution < 1.29 is 4.39 Å². The summed E-state index contributed by atoms with van der Waals surface area (Å²) in [6, 6.07) is 7.48. The minimum absolute atomic E-state index is 0.159. The number of hydrogen-bond acceptors (Lipinski definition) is 3. The van der Waals surface area contributed by atoms with E-state index < -0.39 is 0 Å². The number of piperazine rings is 1. The van der Waals surface area contributed by atoms with Crippen molar-refractivity contribution in [1.29, 1.82) is 0 Å². The van der Waals surface area contributed by atoms with Crippen molar-refractivity contribution in [1.82, 2.24) is 10.2 Å². The molecule has 2 aliphatic heterocycles. The van der Waals surface area contributed by atoms with Crippen molar-refractivity contribution in [2.75, 3.05) is 44.2 Å². The zero-order chi connectivity index (χ0) is 11.7. The molecule has 0 bridgehead atoms. The molecule has 2 fully saturated rings. The highest BCUT2D eigenvalue weighted by molar-refractivity contribution is 5.49. The highest BCUT2D eigenvalue weighted by Crippen LogP contribution is 2.23. The Balaban J connectivity index is 1.55. The molecule has 3 nitrogen and oxygen atoms in total. The van der Waals surface area contributed by atoms with Crippen molar-refractivity contribution in [2.45, 2.75) is 6.04 Å². The Kier molecular flexibility index (Phi) is 2.99. The second-order valence-corrected chi connectivity index (χ2v) is 4.82. The van der Waals surface area contributed by atoms with Crippen LogP contribution in [0.15, 0.2) is 24.3 Å². The second-order valence-electron chi connectivity index (χ2n) is 4.82. The fourth-order valence-electron chi connectivity index (χ4n) is 2.60.